The van der Waals surface area contributed by atoms with Crippen molar-refractivity contribution in [2.24, 2.45) is 0 Å². The molecule has 1 N–H and O–H groups in total. The number of aromatic nitrogens is 3. The van der Waals surface area contributed by atoms with E-state index in [0.29, 0.717) is 23.8 Å². The molecule has 0 aliphatic carbocycles. The third kappa shape index (κ3) is 4.72. The number of carbonyl (C=O) groups excluding carboxylic acids is 1. The predicted molar refractivity (Wildman–Crippen MR) is 103 cm³/mol. The standard InChI is InChI=1S/C20H20N4O3/c1-3-27-18-10-4-15(12-19(18)26-2)5-11-20(25)23-16-6-8-17(9-7-16)24-14-21-13-22-24/h4-14H,3H2,1-2H3,(H,23,25)/b11-5+. The summed E-state index contributed by atoms with van der Waals surface area (Å²) in [4.78, 5) is 16.0. The minimum atomic E-state index is -0.226. The van der Waals surface area contributed by atoms with Crippen molar-refractivity contribution in [2.75, 3.05) is 19.0 Å². The molecule has 0 bridgehead atoms. The molecular formula is C20H20N4O3. The topological polar surface area (TPSA) is 78.3 Å². The van der Waals surface area contributed by atoms with Crippen molar-refractivity contribution in [1.82, 2.24) is 14.8 Å². The second-order valence-corrected chi connectivity index (χ2v) is 5.55. The summed E-state index contributed by atoms with van der Waals surface area (Å²) in [5, 5.41) is 6.88. The van der Waals surface area contributed by atoms with Crippen LogP contribution >= 0.6 is 0 Å². The maximum atomic E-state index is 12.1. The number of benzene rings is 2. The summed E-state index contributed by atoms with van der Waals surface area (Å²) >= 11 is 0. The lowest BCUT2D eigenvalue weighted by Crippen LogP contribution is -2.07. The van der Waals surface area contributed by atoms with E-state index in [1.54, 1.807) is 24.2 Å². The zero-order valence-electron chi connectivity index (χ0n) is 15.1. The Labute approximate surface area is 157 Å². The van der Waals surface area contributed by atoms with Gasteiger partial charge in [0.05, 0.1) is 19.4 Å². The van der Waals surface area contributed by atoms with Crippen molar-refractivity contribution in [3.8, 4) is 17.2 Å². The Kier molecular flexibility index (Phi) is 5.84. The van der Waals surface area contributed by atoms with Crippen molar-refractivity contribution >= 4 is 17.7 Å². The van der Waals surface area contributed by atoms with Crippen LogP contribution in [-0.4, -0.2) is 34.4 Å². The second kappa shape index (κ2) is 8.66. The minimum absolute atomic E-state index is 0.226. The van der Waals surface area contributed by atoms with Gasteiger partial charge < -0.3 is 14.8 Å². The first kappa shape index (κ1) is 18.2. The molecule has 1 aromatic heterocycles. The van der Waals surface area contributed by atoms with Crippen LogP contribution in [0.4, 0.5) is 5.69 Å². The van der Waals surface area contributed by atoms with Crippen LogP contribution in [0, 0.1) is 0 Å². The molecule has 3 rings (SSSR count). The molecule has 1 heterocycles. The highest BCUT2D eigenvalue weighted by atomic mass is 16.5. The van der Waals surface area contributed by atoms with E-state index in [2.05, 4.69) is 15.4 Å². The predicted octanol–water partition coefficient (Wildman–Crippen LogP) is 3.33. The highest BCUT2D eigenvalue weighted by molar-refractivity contribution is 6.02. The fourth-order valence-corrected chi connectivity index (χ4v) is 2.46. The molecule has 0 saturated carbocycles. The summed E-state index contributed by atoms with van der Waals surface area (Å²) in [6.07, 6.45) is 6.27. The van der Waals surface area contributed by atoms with Crippen LogP contribution in [0.3, 0.4) is 0 Å². The Morgan fingerprint density at radius 3 is 2.67 bits per heavy atom. The molecule has 138 valence electrons. The van der Waals surface area contributed by atoms with Gasteiger partial charge in [0.1, 0.15) is 12.7 Å². The normalized spacial score (nSPS) is 10.7. The Balaban J connectivity index is 1.63. The fourth-order valence-electron chi connectivity index (χ4n) is 2.46. The van der Waals surface area contributed by atoms with Crippen LogP contribution in [-0.2, 0) is 4.79 Å². The smallest absolute Gasteiger partial charge is 0.248 e. The molecule has 2 aromatic carbocycles. The van der Waals surface area contributed by atoms with Gasteiger partial charge in [-0.05, 0) is 55.0 Å². The quantitative estimate of drug-likeness (QED) is 0.651. The van der Waals surface area contributed by atoms with E-state index in [1.165, 1.54) is 12.4 Å². The maximum absolute atomic E-state index is 12.1. The Morgan fingerprint density at radius 2 is 2.00 bits per heavy atom. The summed E-state index contributed by atoms with van der Waals surface area (Å²) in [6.45, 7) is 2.47. The van der Waals surface area contributed by atoms with Crippen molar-refractivity contribution < 1.29 is 14.3 Å². The van der Waals surface area contributed by atoms with E-state index >= 15 is 0 Å². The number of hydrogen-bond donors (Lipinski definition) is 1. The number of amides is 1. The molecule has 3 aromatic rings. The van der Waals surface area contributed by atoms with Gasteiger partial charge in [0.25, 0.3) is 0 Å². The molecule has 1 amide bonds. The van der Waals surface area contributed by atoms with E-state index in [4.69, 9.17) is 9.47 Å². The van der Waals surface area contributed by atoms with E-state index < -0.39 is 0 Å². The van der Waals surface area contributed by atoms with Gasteiger partial charge in [0, 0.05) is 11.8 Å². The molecule has 0 fully saturated rings. The Morgan fingerprint density at radius 1 is 1.19 bits per heavy atom. The highest BCUT2D eigenvalue weighted by Gasteiger charge is 2.05. The van der Waals surface area contributed by atoms with Crippen LogP contribution in [0.25, 0.3) is 11.8 Å². The zero-order valence-corrected chi connectivity index (χ0v) is 15.1. The van der Waals surface area contributed by atoms with Crippen LogP contribution in [0.2, 0.25) is 0 Å². The average Bonchev–Trinajstić information content (AvgIpc) is 3.23. The summed E-state index contributed by atoms with van der Waals surface area (Å²) in [5.74, 6) is 1.08. The van der Waals surface area contributed by atoms with Crippen molar-refractivity contribution in [3.63, 3.8) is 0 Å². The number of ether oxygens (including phenoxy) is 2. The largest absolute Gasteiger partial charge is 0.493 e. The van der Waals surface area contributed by atoms with Gasteiger partial charge in [-0.2, -0.15) is 5.10 Å². The number of hydrogen-bond acceptors (Lipinski definition) is 5. The number of nitrogens with zero attached hydrogens (tertiary/aromatic N) is 3. The molecule has 0 aliphatic heterocycles. The van der Waals surface area contributed by atoms with E-state index in [-0.39, 0.29) is 5.91 Å². The second-order valence-electron chi connectivity index (χ2n) is 5.55. The lowest BCUT2D eigenvalue weighted by molar-refractivity contribution is -0.111. The molecule has 0 aliphatic rings. The molecule has 0 radical (unpaired) electrons. The Bertz CT molecular complexity index is 919. The summed E-state index contributed by atoms with van der Waals surface area (Å²) in [5.41, 5.74) is 2.40. The summed E-state index contributed by atoms with van der Waals surface area (Å²) in [6, 6.07) is 12.8. The first-order valence-corrected chi connectivity index (χ1v) is 8.44. The molecule has 27 heavy (non-hydrogen) atoms. The van der Waals surface area contributed by atoms with E-state index in [0.717, 1.165) is 11.3 Å². The zero-order chi connectivity index (χ0) is 19.1. The van der Waals surface area contributed by atoms with Gasteiger partial charge in [-0.25, -0.2) is 9.67 Å². The monoisotopic (exact) mass is 364 g/mol. The molecule has 0 atom stereocenters. The van der Waals surface area contributed by atoms with E-state index in [1.807, 2.05) is 49.4 Å². The third-order valence-electron chi connectivity index (χ3n) is 3.73. The average molecular weight is 364 g/mol. The third-order valence-corrected chi connectivity index (χ3v) is 3.73. The van der Waals surface area contributed by atoms with Crippen molar-refractivity contribution in [1.29, 1.82) is 0 Å². The minimum Gasteiger partial charge on any atom is -0.493 e. The lowest BCUT2D eigenvalue weighted by Gasteiger charge is -2.09. The number of methoxy groups -OCH3 is 1. The van der Waals surface area contributed by atoms with Gasteiger partial charge in [0.2, 0.25) is 5.91 Å². The van der Waals surface area contributed by atoms with Crippen LogP contribution in [0.5, 0.6) is 11.5 Å². The number of rotatable bonds is 7. The molecular weight excluding hydrogens is 344 g/mol. The lowest BCUT2D eigenvalue weighted by atomic mass is 10.2. The molecule has 0 saturated heterocycles. The number of anilines is 1. The van der Waals surface area contributed by atoms with Gasteiger partial charge in [0.15, 0.2) is 11.5 Å². The maximum Gasteiger partial charge on any atom is 0.248 e. The van der Waals surface area contributed by atoms with Crippen LogP contribution in [0.15, 0.2) is 61.2 Å². The number of nitrogens with one attached hydrogen (secondary N) is 1. The van der Waals surface area contributed by atoms with Gasteiger partial charge in [-0.3, -0.25) is 4.79 Å². The highest BCUT2D eigenvalue weighted by Crippen LogP contribution is 2.28. The summed E-state index contributed by atoms with van der Waals surface area (Å²) in [7, 11) is 1.58. The van der Waals surface area contributed by atoms with Gasteiger partial charge >= 0.3 is 0 Å². The van der Waals surface area contributed by atoms with Crippen molar-refractivity contribution in [2.45, 2.75) is 6.92 Å². The van der Waals surface area contributed by atoms with Gasteiger partial charge in [-0.15, -0.1) is 0 Å². The summed E-state index contributed by atoms with van der Waals surface area (Å²) < 4.78 is 12.4. The van der Waals surface area contributed by atoms with E-state index in [9.17, 15) is 4.79 Å². The molecule has 0 unspecified atom stereocenters. The number of carbonyl (C=O) groups is 1. The SMILES string of the molecule is CCOc1ccc(/C=C/C(=O)Nc2ccc(-n3cncn3)cc2)cc1OC. The van der Waals surface area contributed by atoms with Crippen molar-refractivity contribution in [3.05, 3.63) is 66.8 Å². The van der Waals surface area contributed by atoms with Crippen LogP contribution < -0.4 is 14.8 Å². The fraction of sp³-hybridized carbons (Fsp3) is 0.150. The van der Waals surface area contributed by atoms with Gasteiger partial charge in [-0.1, -0.05) is 6.07 Å². The molecule has 0 spiro atoms. The Hall–Kier alpha value is -3.61. The van der Waals surface area contributed by atoms with Crippen LogP contribution in [0.1, 0.15) is 12.5 Å². The first-order chi connectivity index (χ1) is 13.2. The molecule has 7 nitrogen and oxygen atoms in total. The molecule has 7 heteroatoms. The first-order valence-electron chi connectivity index (χ1n) is 8.44.